The lowest BCUT2D eigenvalue weighted by molar-refractivity contribution is 0.0741. The van der Waals surface area contributed by atoms with Crippen LogP contribution in [0, 0.1) is 5.92 Å². The summed E-state index contributed by atoms with van der Waals surface area (Å²) in [6.07, 6.45) is 1.95. The van der Waals surface area contributed by atoms with E-state index < -0.39 is 6.10 Å². The molecular weight excluding hydrogens is 484 g/mol. The molecular formula is C26H37BrN2O4. The molecule has 6 nitrogen and oxygen atoms in total. The molecule has 1 N–H and O–H groups in total. The summed E-state index contributed by atoms with van der Waals surface area (Å²) in [5.41, 5.74) is 1.10. The molecule has 1 aliphatic heterocycles. The van der Waals surface area contributed by atoms with Crippen molar-refractivity contribution in [3.8, 4) is 17.2 Å². The maximum absolute atomic E-state index is 10.4. The largest absolute Gasteiger partial charge is 0.493 e. The Hall–Kier alpha value is -1.80. The fourth-order valence-corrected chi connectivity index (χ4v) is 4.44. The Morgan fingerprint density at radius 2 is 1.85 bits per heavy atom. The molecule has 0 saturated carbocycles. The van der Waals surface area contributed by atoms with Gasteiger partial charge in [0.25, 0.3) is 0 Å². The van der Waals surface area contributed by atoms with Crippen LogP contribution < -0.4 is 14.2 Å². The monoisotopic (exact) mass is 520 g/mol. The van der Waals surface area contributed by atoms with E-state index in [0.29, 0.717) is 19.7 Å². The van der Waals surface area contributed by atoms with Gasteiger partial charge in [-0.15, -0.1) is 0 Å². The van der Waals surface area contributed by atoms with E-state index in [1.807, 2.05) is 43.4 Å². The fourth-order valence-electron chi connectivity index (χ4n) is 4.04. The molecule has 1 unspecified atom stereocenters. The number of aliphatic hydroxyl groups excluding tert-OH is 1. The van der Waals surface area contributed by atoms with Crippen LogP contribution in [0.1, 0.15) is 25.3 Å². The van der Waals surface area contributed by atoms with Crippen LogP contribution >= 0.6 is 15.9 Å². The minimum Gasteiger partial charge on any atom is -0.493 e. The number of likely N-dealkylation sites (N-methyl/N-ethyl adjacent to an activating group) is 1. The number of likely N-dealkylation sites (tertiary alicyclic amines) is 1. The number of nitrogens with zero attached hydrogens (tertiary/aromatic N) is 2. The highest BCUT2D eigenvalue weighted by atomic mass is 79.9. The molecule has 1 atom stereocenters. The van der Waals surface area contributed by atoms with E-state index in [1.54, 1.807) is 7.11 Å². The lowest BCUT2D eigenvalue weighted by atomic mass is 9.99. The number of ether oxygens (including phenoxy) is 3. The predicted molar refractivity (Wildman–Crippen MR) is 135 cm³/mol. The number of hydrogen-bond donors (Lipinski definition) is 1. The SMILES string of the molecule is COc1cc(CN(C)CC(O)COc2ccccc2Br)ccc1OCCN1CCC(C)CC1. The van der Waals surface area contributed by atoms with E-state index in [-0.39, 0.29) is 6.61 Å². The zero-order valence-electron chi connectivity index (χ0n) is 20.0. The van der Waals surface area contributed by atoms with Gasteiger partial charge < -0.3 is 19.3 Å². The van der Waals surface area contributed by atoms with E-state index in [0.717, 1.165) is 52.8 Å². The molecule has 0 aliphatic carbocycles. The van der Waals surface area contributed by atoms with Crippen molar-refractivity contribution >= 4 is 15.9 Å². The molecule has 3 rings (SSSR count). The van der Waals surface area contributed by atoms with Gasteiger partial charge in [0.15, 0.2) is 11.5 Å². The third-order valence-corrected chi connectivity index (χ3v) is 6.67. The highest BCUT2D eigenvalue weighted by Crippen LogP contribution is 2.29. The Morgan fingerprint density at radius 3 is 2.58 bits per heavy atom. The van der Waals surface area contributed by atoms with Gasteiger partial charge in [0, 0.05) is 19.6 Å². The molecule has 33 heavy (non-hydrogen) atoms. The zero-order valence-corrected chi connectivity index (χ0v) is 21.6. The fraction of sp³-hybridized carbons (Fsp3) is 0.538. The zero-order chi connectivity index (χ0) is 23.6. The van der Waals surface area contributed by atoms with Crippen molar-refractivity contribution in [2.45, 2.75) is 32.4 Å². The van der Waals surface area contributed by atoms with Crippen molar-refractivity contribution in [1.82, 2.24) is 9.80 Å². The number of methoxy groups -OCH3 is 1. The van der Waals surface area contributed by atoms with E-state index in [4.69, 9.17) is 14.2 Å². The molecule has 182 valence electrons. The van der Waals surface area contributed by atoms with E-state index in [2.05, 4.69) is 38.7 Å². The van der Waals surface area contributed by atoms with Gasteiger partial charge in [0.1, 0.15) is 25.1 Å². The number of para-hydroxylation sites is 1. The second kappa shape index (κ2) is 13.2. The van der Waals surface area contributed by atoms with Gasteiger partial charge in [0.2, 0.25) is 0 Å². The lowest BCUT2D eigenvalue weighted by Crippen LogP contribution is -2.35. The minimum atomic E-state index is -0.593. The van der Waals surface area contributed by atoms with Crippen molar-refractivity contribution in [1.29, 1.82) is 0 Å². The highest BCUT2D eigenvalue weighted by molar-refractivity contribution is 9.10. The lowest BCUT2D eigenvalue weighted by Gasteiger charge is -2.30. The van der Waals surface area contributed by atoms with E-state index in [1.165, 1.54) is 12.8 Å². The Bertz CT molecular complexity index is 858. The topological polar surface area (TPSA) is 54.4 Å². The first-order chi connectivity index (χ1) is 15.9. The molecule has 1 saturated heterocycles. The Labute approximate surface area is 206 Å². The standard InChI is InChI=1S/C26H37BrN2O4/c1-20-10-12-29(13-11-20)14-15-32-25-9-8-21(16-26(25)31-3)17-28(2)18-22(30)19-33-24-7-5-4-6-23(24)27/h4-9,16,20,22,30H,10-15,17-19H2,1-3H3. The molecule has 0 amide bonds. The van der Waals surface area contributed by atoms with Crippen LogP contribution in [0.3, 0.4) is 0 Å². The summed E-state index contributed by atoms with van der Waals surface area (Å²) < 4.78 is 18.2. The van der Waals surface area contributed by atoms with Crippen LogP contribution in [0.25, 0.3) is 0 Å². The van der Waals surface area contributed by atoms with Gasteiger partial charge in [-0.25, -0.2) is 0 Å². The summed E-state index contributed by atoms with van der Waals surface area (Å²) in [6.45, 7) is 7.68. The maximum atomic E-state index is 10.4. The molecule has 1 aliphatic rings. The second-order valence-electron chi connectivity index (χ2n) is 8.95. The molecule has 1 fully saturated rings. The summed E-state index contributed by atoms with van der Waals surface area (Å²) in [5.74, 6) is 3.09. The van der Waals surface area contributed by atoms with Crippen molar-refractivity contribution in [2.75, 3.05) is 53.6 Å². The molecule has 2 aromatic rings. The average molecular weight is 521 g/mol. The van der Waals surface area contributed by atoms with Crippen LogP contribution in [-0.4, -0.2) is 74.6 Å². The Balaban J connectivity index is 1.43. The van der Waals surface area contributed by atoms with E-state index >= 15 is 0 Å². The average Bonchev–Trinajstić information content (AvgIpc) is 2.80. The van der Waals surface area contributed by atoms with Crippen LogP contribution in [0.15, 0.2) is 46.9 Å². The molecule has 1 heterocycles. The van der Waals surface area contributed by atoms with Crippen molar-refractivity contribution in [2.24, 2.45) is 5.92 Å². The van der Waals surface area contributed by atoms with E-state index in [9.17, 15) is 5.11 Å². The van der Waals surface area contributed by atoms with Crippen LogP contribution in [0.5, 0.6) is 17.2 Å². The molecule has 7 heteroatoms. The number of rotatable bonds is 12. The minimum absolute atomic E-state index is 0.235. The summed E-state index contributed by atoms with van der Waals surface area (Å²) in [5, 5.41) is 10.4. The molecule has 0 bridgehead atoms. The summed E-state index contributed by atoms with van der Waals surface area (Å²) in [6, 6.07) is 13.7. The summed E-state index contributed by atoms with van der Waals surface area (Å²) in [7, 11) is 3.66. The Kier molecular flexibility index (Phi) is 10.3. The highest BCUT2D eigenvalue weighted by Gasteiger charge is 2.16. The second-order valence-corrected chi connectivity index (χ2v) is 9.80. The first-order valence-electron chi connectivity index (χ1n) is 11.7. The smallest absolute Gasteiger partial charge is 0.161 e. The van der Waals surface area contributed by atoms with Gasteiger partial charge >= 0.3 is 0 Å². The van der Waals surface area contributed by atoms with Gasteiger partial charge in [-0.3, -0.25) is 9.80 Å². The van der Waals surface area contributed by atoms with Crippen LogP contribution in [0.4, 0.5) is 0 Å². The van der Waals surface area contributed by atoms with Crippen molar-refractivity contribution in [3.05, 3.63) is 52.5 Å². The van der Waals surface area contributed by atoms with Crippen LogP contribution in [-0.2, 0) is 6.54 Å². The van der Waals surface area contributed by atoms with Crippen molar-refractivity contribution in [3.63, 3.8) is 0 Å². The van der Waals surface area contributed by atoms with Gasteiger partial charge in [-0.05, 0) is 84.7 Å². The van der Waals surface area contributed by atoms with Gasteiger partial charge in [-0.1, -0.05) is 25.1 Å². The number of aliphatic hydroxyl groups is 1. The number of hydrogen-bond acceptors (Lipinski definition) is 6. The third-order valence-electron chi connectivity index (χ3n) is 6.01. The first-order valence-corrected chi connectivity index (χ1v) is 12.5. The molecule has 0 spiro atoms. The molecule has 0 aromatic heterocycles. The van der Waals surface area contributed by atoms with Gasteiger partial charge in [0.05, 0.1) is 11.6 Å². The van der Waals surface area contributed by atoms with Gasteiger partial charge in [-0.2, -0.15) is 0 Å². The van der Waals surface area contributed by atoms with Crippen molar-refractivity contribution < 1.29 is 19.3 Å². The number of halogens is 1. The third kappa shape index (κ3) is 8.49. The number of benzene rings is 2. The van der Waals surface area contributed by atoms with Crippen LogP contribution in [0.2, 0.25) is 0 Å². The first kappa shape index (κ1) is 25.8. The maximum Gasteiger partial charge on any atom is 0.161 e. The molecule has 2 aromatic carbocycles. The quantitative estimate of drug-likeness (QED) is 0.446. The summed E-state index contributed by atoms with van der Waals surface area (Å²) in [4.78, 5) is 4.54. The number of piperidine rings is 1. The Morgan fingerprint density at radius 1 is 1.09 bits per heavy atom. The predicted octanol–water partition coefficient (Wildman–Crippen LogP) is 4.44. The normalized spacial score (nSPS) is 16.1. The molecule has 0 radical (unpaired) electrons. The summed E-state index contributed by atoms with van der Waals surface area (Å²) >= 11 is 3.46.